The molecule has 11 heteroatoms. The van der Waals surface area contributed by atoms with Crippen LogP contribution in [0.1, 0.15) is 38.0 Å². The maximum Gasteiger partial charge on any atom is 0.337 e. The molecule has 240 valence electrons. The van der Waals surface area contributed by atoms with Crippen LogP contribution in [0.25, 0.3) is 42.8 Å². The van der Waals surface area contributed by atoms with Crippen molar-refractivity contribution in [1.29, 1.82) is 0 Å². The van der Waals surface area contributed by atoms with E-state index in [9.17, 15) is 9.90 Å². The molecule has 2 aliphatic rings. The molecular formula is C35H38ClN5O4S. The topological polar surface area (TPSA) is 93.0 Å². The predicted molar refractivity (Wildman–Crippen MR) is 184 cm³/mol. The fraction of sp³-hybridized carbons (Fsp3) is 0.400. The van der Waals surface area contributed by atoms with Crippen molar-refractivity contribution >= 4 is 55.8 Å². The summed E-state index contributed by atoms with van der Waals surface area (Å²) in [6, 6.07) is 16.3. The van der Waals surface area contributed by atoms with Crippen LogP contribution in [0.2, 0.25) is 5.02 Å². The third-order valence-electron chi connectivity index (χ3n) is 8.83. The molecule has 3 aromatic carbocycles. The number of carbonyl (C=O) groups is 1. The highest BCUT2D eigenvalue weighted by atomic mass is 35.5. The van der Waals surface area contributed by atoms with Crippen molar-refractivity contribution in [3.63, 3.8) is 0 Å². The van der Waals surface area contributed by atoms with Gasteiger partial charge in [-0.3, -0.25) is 9.58 Å². The van der Waals surface area contributed by atoms with Crippen molar-refractivity contribution in [2.24, 2.45) is 7.05 Å². The zero-order valence-corrected chi connectivity index (χ0v) is 28.3. The lowest BCUT2D eigenvalue weighted by atomic mass is 9.91. The van der Waals surface area contributed by atoms with Crippen LogP contribution in [0.15, 0.2) is 48.5 Å². The van der Waals surface area contributed by atoms with E-state index < -0.39 is 17.7 Å². The average Bonchev–Trinajstić information content (AvgIpc) is 3.59. The Kier molecular flexibility index (Phi) is 8.05. The van der Waals surface area contributed by atoms with Crippen LogP contribution < -0.4 is 4.90 Å². The minimum Gasteiger partial charge on any atom is -0.479 e. The van der Waals surface area contributed by atoms with Gasteiger partial charge in [0.25, 0.3) is 0 Å². The molecule has 2 aromatic heterocycles. The van der Waals surface area contributed by atoms with E-state index in [0.29, 0.717) is 16.6 Å². The Morgan fingerprint density at radius 2 is 1.87 bits per heavy atom. The number of rotatable bonds is 6. The summed E-state index contributed by atoms with van der Waals surface area (Å²) in [5.74, 6) is -0.0539. The van der Waals surface area contributed by atoms with Gasteiger partial charge in [-0.15, -0.1) is 11.3 Å². The first kappa shape index (κ1) is 31.1. The summed E-state index contributed by atoms with van der Waals surface area (Å²) >= 11 is 7.84. The molecule has 0 spiro atoms. The summed E-state index contributed by atoms with van der Waals surface area (Å²) in [5, 5.41) is 17.9. The van der Waals surface area contributed by atoms with Crippen molar-refractivity contribution in [3.05, 3.63) is 64.7 Å². The highest BCUT2D eigenvalue weighted by molar-refractivity contribution is 7.22. The first-order valence-corrected chi connectivity index (χ1v) is 16.8. The van der Waals surface area contributed by atoms with Crippen molar-refractivity contribution in [2.75, 3.05) is 44.3 Å². The Morgan fingerprint density at radius 3 is 2.61 bits per heavy atom. The van der Waals surface area contributed by atoms with Gasteiger partial charge in [0.1, 0.15) is 5.01 Å². The highest BCUT2D eigenvalue weighted by Gasteiger charge is 2.33. The van der Waals surface area contributed by atoms with E-state index in [1.54, 1.807) is 11.3 Å². The summed E-state index contributed by atoms with van der Waals surface area (Å²) in [7, 11) is 1.99. The summed E-state index contributed by atoms with van der Waals surface area (Å²) in [6.45, 7) is 12.9. The predicted octanol–water partition coefficient (Wildman–Crippen LogP) is 6.94. The third kappa shape index (κ3) is 5.77. The molecule has 4 heterocycles. The van der Waals surface area contributed by atoms with Crippen LogP contribution in [0.5, 0.6) is 0 Å². The van der Waals surface area contributed by atoms with E-state index in [-0.39, 0.29) is 0 Å². The number of carboxylic acid groups (broad SMARTS) is 1. The van der Waals surface area contributed by atoms with E-state index in [0.717, 1.165) is 93.6 Å². The lowest BCUT2D eigenvalue weighted by Crippen LogP contribution is -2.58. The molecule has 0 aliphatic carbocycles. The maximum absolute atomic E-state index is 12.7. The van der Waals surface area contributed by atoms with Gasteiger partial charge in [0.15, 0.2) is 11.9 Å². The zero-order valence-electron chi connectivity index (χ0n) is 26.7. The van der Waals surface area contributed by atoms with Crippen LogP contribution in [-0.2, 0) is 21.3 Å². The average molecular weight is 660 g/mol. The van der Waals surface area contributed by atoms with Gasteiger partial charge in [0, 0.05) is 60.3 Å². The minimum atomic E-state index is -1.16. The maximum atomic E-state index is 12.7. The van der Waals surface area contributed by atoms with Crippen LogP contribution >= 0.6 is 22.9 Å². The van der Waals surface area contributed by atoms with Gasteiger partial charge in [-0.05, 0) is 75.2 Å². The molecule has 0 radical (unpaired) electrons. The van der Waals surface area contributed by atoms with Gasteiger partial charge in [-0.25, -0.2) is 9.78 Å². The molecule has 0 bridgehead atoms. The van der Waals surface area contributed by atoms with Crippen molar-refractivity contribution in [2.45, 2.75) is 45.4 Å². The van der Waals surface area contributed by atoms with Gasteiger partial charge < -0.3 is 19.5 Å². The molecule has 0 saturated carbocycles. The Morgan fingerprint density at radius 1 is 1.11 bits per heavy atom. The molecule has 1 N–H and O–H groups in total. The molecule has 7 rings (SSSR count). The monoisotopic (exact) mass is 659 g/mol. The second-order valence-electron chi connectivity index (χ2n) is 13.2. The van der Waals surface area contributed by atoms with Crippen LogP contribution in [-0.4, -0.2) is 81.8 Å². The highest BCUT2D eigenvalue weighted by Crippen LogP contribution is 2.45. The van der Waals surface area contributed by atoms with E-state index in [2.05, 4.69) is 28.0 Å². The molecule has 0 amide bonds. The Labute approximate surface area is 277 Å². The molecule has 0 unspecified atom stereocenters. The number of fused-ring (bicyclic) bond motifs is 3. The first-order chi connectivity index (χ1) is 22.0. The molecule has 2 saturated heterocycles. The number of hydrogen-bond acceptors (Lipinski definition) is 8. The largest absolute Gasteiger partial charge is 0.479 e. The van der Waals surface area contributed by atoms with E-state index in [4.69, 9.17) is 31.2 Å². The lowest BCUT2D eigenvalue weighted by molar-refractivity contribution is -0.160. The van der Waals surface area contributed by atoms with E-state index in [1.165, 1.54) is 0 Å². The number of thiazole rings is 1. The number of morpholine rings is 1. The number of aryl methyl sites for hydroxylation is 2. The SMILES string of the molecule is Cc1cc2nc(-c3ccc4c(c3)c(N3CCN5CCOC[C@H]5C3)nn4C)sc2c(-c2ccc(Cl)cc2)c1[C@H](OC(C)(C)C)C(=O)O. The molecular weight excluding hydrogens is 622 g/mol. The lowest BCUT2D eigenvalue weighted by Gasteiger charge is -2.43. The Balaban J connectivity index is 1.36. The number of carboxylic acids is 1. The van der Waals surface area contributed by atoms with Gasteiger partial charge in [-0.1, -0.05) is 23.7 Å². The third-order valence-corrected chi connectivity index (χ3v) is 10.2. The van der Waals surface area contributed by atoms with Crippen LogP contribution in [0, 0.1) is 6.92 Å². The fourth-order valence-electron chi connectivity index (χ4n) is 6.71. The molecule has 2 atom stereocenters. The Hall–Kier alpha value is -3.54. The van der Waals surface area contributed by atoms with E-state index >= 15 is 0 Å². The molecule has 5 aromatic rings. The Bertz CT molecular complexity index is 1950. The van der Waals surface area contributed by atoms with Crippen LogP contribution in [0.4, 0.5) is 5.82 Å². The number of benzene rings is 3. The standard InChI is InChI=1S/C35H38ClN5O4S/c1-20-16-26-31(29(21-6-9-23(36)10-7-21)28(20)30(34(42)43)45-35(2,3)4)46-33(37-26)22-8-11-27-25(17-22)32(38-39(27)5)41-13-12-40-14-15-44-19-24(40)18-41/h6-11,16-17,24,30H,12-15,18-19H2,1-5H3,(H,42,43)/t24-,30+/m1/s1. The summed E-state index contributed by atoms with van der Waals surface area (Å²) in [6.07, 6.45) is -1.16. The normalized spacial score (nSPS) is 18.3. The van der Waals surface area contributed by atoms with E-state index in [1.807, 2.05) is 69.8 Å². The second-order valence-corrected chi connectivity index (χ2v) is 14.6. The number of aliphatic carboxylic acids is 1. The van der Waals surface area contributed by atoms with Gasteiger partial charge >= 0.3 is 5.97 Å². The number of hydrogen-bond donors (Lipinski definition) is 1. The second kappa shape index (κ2) is 11.9. The number of anilines is 1. The number of nitrogens with zero attached hydrogens (tertiary/aromatic N) is 5. The summed E-state index contributed by atoms with van der Waals surface area (Å²) in [4.78, 5) is 22.7. The molecule has 46 heavy (non-hydrogen) atoms. The first-order valence-electron chi connectivity index (χ1n) is 15.6. The summed E-state index contributed by atoms with van der Waals surface area (Å²) in [5.41, 5.74) is 5.30. The molecule has 2 aliphatic heterocycles. The quantitative estimate of drug-likeness (QED) is 0.210. The number of ether oxygens (including phenoxy) is 2. The molecule has 9 nitrogen and oxygen atoms in total. The molecule has 2 fully saturated rings. The number of aromatic nitrogens is 3. The van der Waals surface area contributed by atoms with Crippen molar-refractivity contribution < 1.29 is 19.4 Å². The van der Waals surface area contributed by atoms with Gasteiger partial charge in [-0.2, -0.15) is 5.10 Å². The smallest absolute Gasteiger partial charge is 0.337 e. The fourth-order valence-corrected chi connectivity index (χ4v) is 7.96. The number of halogens is 1. The minimum absolute atomic E-state index is 0.368. The van der Waals surface area contributed by atoms with Gasteiger partial charge in [0.2, 0.25) is 0 Å². The van der Waals surface area contributed by atoms with Gasteiger partial charge in [0.05, 0.1) is 40.6 Å². The van der Waals surface area contributed by atoms with Crippen molar-refractivity contribution in [3.8, 4) is 21.7 Å². The zero-order chi connectivity index (χ0) is 32.3. The summed E-state index contributed by atoms with van der Waals surface area (Å²) < 4.78 is 14.8. The number of piperazine rings is 1. The van der Waals surface area contributed by atoms with Crippen molar-refractivity contribution in [1.82, 2.24) is 19.7 Å². The van der Waals surface area contributed by atoms with Crippen LogP contribution in [0.3, 0.4) is 0 Å².